The molecule has 1 aromatic carbocycles. The first-order valence-electron chi connectivity index (χ1n) is 7.98. The largest absolute Gasteiger partial charge is 0.473 e. The van der Waals surface area contributed by atoms with E-state index < -0.39 is 12.4 Å². The second-order valence-corrected chi connectivity index (χ2v) is 5.66. The van der Waals surface area contributed by atoms with Crippen molar-refractivity contribution in [2.24, 2.45) is 0 Å². The van der Waals surface area contributed by atoms with Crippen molar-refractivity contribution in [1.82, 2.24) is 9.97 Å². The van der Waals surface area contributed by atoms with E-state index in [0.717, 1.165) is 18.5 Å². The number of aliphatic hydroxyl groups excluding tert-OH is 1. The molecule has 24 heavy (non-hydrogen) atoms. The van der Waals surface area contributed by atoms with E-state index in [9.17, 15) is 4.39 Å². The SMILES string of the molecule is OC/C(F)=C1/CCCN(c2nccc(OCc3ccccc3)n2)C1. The molecule has 0 bridgehead atoms. The normalized spacial score (nSPS) is 16.8. The van der Waals surface area contributed by atoms with Gasteiger partial charge in [-0.15, -0.1) is 0 Å². The molecule has 6 heteroatoms. The van der Waals surface area contributed by atoms with Gasteiger partial charge in [0.15, 0.2) is 0 Å². The minimum absolute atomic E-state index is 0.397. The first-order valence-corrected chi connectivity index (χ1v) is 7.98. The van der Waals surface area contributed by atoms with Crippen LogP contribution in [0.25, 0.3) is 0 Å². The number of aromatic nitrogens is 2. The lowest BCUT2D eigenvalue weighted by molar-refractivity contribution is 0.292. The van der Waals surface area contributed by atoms with Crippen molar-refractivity contribution in [3.05, 3.63) is 59.6 Å². The van der Waals surface area contributed by atoms with Gasteiger partial charge >= 0.3 is 0 Å². The molecule has 0 amide bonds. The Labute approximate surface area is 140 Å². The molecule has 1 aromatic heterocycles. The summed E-state index contributed by atoms with van der Waals surface area (Å²) in [6, 6.07) is 11.6. The summed E-state index contributed by atoms with van der Waals surface area (Å²) in [5.74, 6) is 0.558. The van der Waals surface area contributed by atoms with Gasteiger partial charge in [0.2, 0.25) is 11.8 Å². The molecule has 1 aliphatic rings. The molecule has 0 atom stereocenters. The summed E-state index contributed by atoms with van der Waals surface area (Å²) in [7, 11) is 0. The van der Waals surface area contributed by atoms with Gasteiger partial charge in [-0.1, -0.05) is 30.3 Å². The molecule has 0 radical (unpaired) electrons. The van der Waals surface area contributed by atoms with Gasteiger partial charge in [-0.05, 0) is 24.0 Å². The predicted molar refractivity (Wildman–Crippen MR) is 89.5 cm³/mol. The molecule has 3 rings (SSSR count). The van der Waals surface area contributed by atoms with Crippen LogP contribution in [0, 0.1) is 0 Å². The van der Waals surface area contributed by atoms with E-state index >= 15 is 0 Å². The number of halogens is 1. The summed E-state index contributed by atoms with van der Waals surface area (Å²) < 4.78 is 19.3. The Kier molecular flexibility index (Phi) is 5.38. The van der Waals surface area contributed by atoms with Gasteiger partial charge in [0, 0.05) is 25.4 Å². The fraction of sp³-hybridized carbons (Fsp3) is 0.333. The molecule has 2 heterocycles. The maximum atomic E-state index is 13.6. The molecule has 0 spiro atoms. The van der Waals surface area contributed by atoms with Crippen LogP contribution in [0.15, 0.2) is 54.0 Å². The third-order valence-corrected chi connectivity index (χ3v) is 3.94. The van der Waals surface area contributed by atoms with Gasteiger partial charge in [-0.25, -0.2) is 9.37 Å². The lowest BCUT2D eigenvalue weighted by Gasteiger charge is -2.29. The number of hydrogen-bond acceptors (Lipinski definition) is 5. The van der Waals surface area contributed by atoms with Crippen molar-refractivity contribution in [2.45, 2.75) is 19.4 Å². The molecule has 1 fully saturated rings. The van der Waals surface area contributed by atoms with Crippen LogP contribution in [0.2, 0.25) is 0 Å². The summed E-state index contributed by atoms with van der Waals surface area (Å²) in [4.78, 5) is 10.6. The zero-order chi connectivity index (χ0) is 16.8. The van der Waals surface area contributed by atoms with E-state index in [2.05, 4.69) is 9.97 Å². The smallest absolute Gasteiger partial charge is 0.228 e. The predicted octanol–water partition coefficient (Wildman–Crippen LogP) is 2.87. The van der Waals surface area contributed by atoms with Gasteiger partial charge in [-0.2, -0.15) is 4.98 Å². The monoisotopic (exact) mass is 329 g/mol. The number of ether oxygens (including phenoxy) is 1. The maximum absolute atomic E-state index is 13.6. The van der Waals surface area contributed by atoms with Crippen molar-refractivity contribution in [2.75, 3.05) is 24.6 Å². The number of aliphatic hydroxyl groups is 1. The minimum atomic E-state index is -0.551. The minimum Gasteiger partial charge on any atom is -0.473 e. The summed E-state index contributed by atoms with van der Waals surface area (Å²) in [5.41, 5.74) is 1.67. The Bertz CT molecular complexity index is 706. The lowest BCUT2D eigenvalue weighted by Crippen LogP contribution is -2.33. The molecule has 1 saturated heterocycles. The Morgan fingerprint density at radius 3 is 2.88 bits per heavy atom. The van der Waals surface area contributed by atoms with E-state index in [1.165, 1.54) is 0 Å². The number of anilines is 1. The molecular formula is C18H20FN3O2. The number of nitrogens with zero attached hydrogens (tertiary/aromatic N) is 3. The fourth-order valence-electron chi connectivity index (χ4n) is 2.67. The van der Waals surface area contributed by atoms with Gasteiger partial charge in [0.25, 0.3) is 0 Å². The Morgan fingerprint density at radius 2 is 2.08 bits per heavy atom. The topological polar surface area (TPSA) is 58.5 Å². The highest BCUT2D eigenvalue weighted by Gasteiger charge is 2.20. The maximum Gasteiger partial charge on any atom is 0.228 e. The van der Waals surface area contributed by atoms with Crippen molar-refractivity contribution in [1.29, 1.82) is 0 Å². The van der Waals surface area contributed by atoms with Crippen molar-refractivity contribution >= 4 is 5.95 Å². The first-order chi connectivity index (χ1) is 11.8. The third-order valence-electron chi connectivity index (χ3n) is 3.94. The van der Waals surface area contributed by atoms with Gasteiger partial charge in [0.1, 0.15) is 12.4 Å². The average molecular weight is 329 g/mol. The highest BCUT2D eigenvalue weighted by atomic mass is 19.1. The summed E-state index contributed by atoms with van der Waals surface area (Å²) in [6.45, 7) is 1.03. The van der Waals surface area contributed by atoms with Crippen molar-refractivity contribution < 1.29 is 14.2 Å². The Hall–Kier alpha value is -2.47. The van der Waals surface area contributed by atoms with Gasteiger partial charge < -0.3 is 14.7 Å². The standard InChI is InChI=1S/C18H20FN3O2/c19-16(12-23)15-7-4-10-22(11-15)18-20-9-8-17(21-18)24-13-14-5-2-1-3-6-14/h1-3,5-6,8-9,23H,4,7,10-13H2/b16-15+. The number of piperidine rings is 1. The summed E-state index contributed by atoms with van der Waals surface area (Å²) >= 11 is 0. The molecule has 126 valence electrons. The highest BCUT2D eigenvalue weighted by molar-refractivity contribution is 5.37. The van der Waals surface area contributed by atoms with Crippen LogP contribution in [0.1, 0.15) is 18.4 Å². The molecule has 1 N–H and O–H groups in total. The Balaban J connectivity index is 1.68. The van der Waals surface area contributed by atoms with Crippen molar-refractivity contribution in [3.63, 3.8) is 0 Å². The average Bonchev–Trinajstić information content (AvgIpc) is 2.67. The quantitative estimate of drug-likeness (QED) is 0.914. The summed E-state index contributed by atoms with van der Waals surface area (Å²) in [5, 5.41) is 8.96. The highest BCUT2D eigenvalue weighted by Crippen LogP contribution is 2.23. The van der Waals surface area contributed by atoms with Gasteiger partial charge in [0.05, 0.1) is 6.61 Å². The van der Waals surface area contributed by atoms with Gasteiger partial charge in [-0.3, -0.25) is 0 Å². The van der Waals surface area contributed by atoms with Crippen LogP contribution >= 0.6 is 0 Å². The molecule has 0 unspecified atom stereocenters. The van der Waals surface area contributed by atoms with Crippen LogP contribution in [-0.4, -0.2) is 34.8 Å². The molecule has 0 aliphatic carbocycles. The number of hydrogen-bond donors (Lipinski definition) is 1. The molecular weight excluding hydrogens is 309 g/mol. The van der Waals surface area contributed by atoms with E-state index in [0.29, 0.717) is 37.0 Å². The zero-order valence-electron chi connectivity index (χ0n) is 13.4. The second kappa shape index (κ2) is 7.88. The molecule has 1 aliphatic heterocycles. The molecule has 0 saturated carbocycles. The van der Waals surface area contributed by atoms with Crippen LogP contribution < -0.4 is 9.64 Å². The second-order valence-electron chi connectivity index (χ2n) is 5.66. The van der Waals surface area contributed by atoms with Crippen molar-refractivity contribution in [3.8, 4) is 5.88 Å². The first kappa shape index (κ1) is 16.4. The molecule has 2 aromatic rings. The van der Waals surface area contributed by atoms with Crippen LogP contribution in [0.4, 0.5) is 10.3 Å². The van der Waals surface area contributed by atoms with Crippen LogP contribution in [0.5, 0.6) is 5.88 Å². The lowest BCUT2D eigenvalue weighted by atomic mass is 10.0. The van der Waals surface area contributed by atoms with Crippen LogP contribution in [-0.2, 0) is 6.61 Å². The number of benzene rings is 1. The van der Waals surface area contributed by atoms with E-state index in [-0.39, 0.29) is 0 Å². The third kappa shape index (κ3) is 4.08. The van der Waals surface area contributed by atoms with E-state index in [1.807, 2.05) is 35.2 Å². The molecule has 5 nitrogen and oxygen atoms in total. The Morgan fingerprint density at radius 1 is 1.25 bits per heavy atom. The van der Waals surface area contributed by atoms with Crippen LogP contribution in [0.3, 0.4) is 0 Å². The zero-order valence-corrected chi connectivity index (χ0v) is 13.4. The number of rotatable bonds is 5. The summed E-state index contributed by atoms with van der Waals surface area (Å²) in [6.07, 6.45) is 3.11. The van der Waals surface area contributed by atoms with E-state index in [1.54, 1.807) is 12.3 Å². The van der Waals surface area contributed by atoms with E-state index in [4.69, 9.17) is 9.84 Å². The fourth-order valence-corrected chi connectivity index (χ4v) is 2.67.